The van der Waals surface area contributed by atoms with Gasteiger partial charge in [0, 0.05) is 35.6 Å². The molecule has 4 aromatic rings. The van der Waals surface area contributed by atoms with E-state index < -0.39 is 23.7 Å². The van der Waals surface area contributed by atoms with Crippen LogP contribution in [0.2, 0.25) is 0 Å². The van der Waals surface area contributed by atoms with E-state index in [0.717, 1.165) is 12.3 Å². The number of pyridine rings is 1. The minimum Gasteiger partial charge on any atom is -0.383 e. The fourth-order valence-corrected chi connectivity index (χ4v) is 4.24. The van der Waals surface area contributed by atoms with Crippen molar-refractivity contribution in [2.24, 2.45) is 0 Å². The minimum absolute atomic E-state index is 0.0710. The molecule has 4 heterocycles. The summed E-state index contributed by atoms with van der Waals surface area (Å²) in [5, 5.41) is 7.40. The lowest BCUT2D eigenvalue weighted by Crippen LogP contribution is -2.33. The number of nitrogen functional groups attached to an aromatic ring is 1. The first-order valence-electron chi connectivity index (χ1n) is 11.0. The Bertz CT molecular complexity index is 1500. The molecule has 0 saturated heterocycles. The first kappa shape index (κ1) is 23.5. The van der Waals surface area contributed by atoms with Gasteiger partial charge in [0.05, 0.1) is 11.1 Å². The van der Waals surface area contributed by atoms with Crippen molar-refractivity contribution in [2.45, 2.75) is 32.5 Å². The first-order chi connectivity index (χ1) is 17.1. The Labute approximate surface area is 202 Å². The van der Waals surface area contributed by atoms with Crippen LogP contribution in [0.1, 0.15) is 31.1 Å². The third-order valence-electron chi connectivity index (χ3n) is 5.90. The Morgan fingerprint density at radius 2 is 1.94 bits per heavy atom. The molecule has 9 nitrogen and oxygen atoms in total. The predicted molar refractivity (Wildman–Crippen MR) is 125 cm³/mol. The number of alkyl halides is 3. The Morgan fingerprint density at radius 3 is 2.67 bits per heavy atom. The average molecular weight is 500 g/mol. The Hall–Kier alpha value is -4.29. The molecule has 0 fully saturated rings. The standard InChI is InChI=1S/C23H20F4N8O/c1-11(2)35-21-17(20(28)30-10-31-21)19(33-35)14-3-4-15-13(18(14)24)6-8-34(15)22(36)32-12-5-7-29-16(9-12)23(25,26)27/h3-5,7,9-11H,6,8H2,1-2H3,(H2,28,30,31)(H,29,32,36). The lowest BCUT2D eigenvalue weighted by molar-refractivity contribution is -0.141. The summed E-state index contributed by atoms with van der Waals surface area (Å²) in [4.78, 5) is 25.7. The van der Waals surface area contributed by atoms with Crippen LogP contribution in [-0.2, 0) is 12.6 Å². The van der Waals surface area contributed by atoms with Crippen LogP contribution in [-0.4, -0.2) is 37.3 Å². The molecule has 5 rings (SSSR count). The van der Waals surface area contributed by atoms with Gasteiger partial charge in [0.2, 0.25) is 0 Å². The number of fused-ring (bicyclic) bond motifs is 2. The quantitative estimate of drug-likeness (QED) is 0.391. The molecule has 3 aromatic heterocycles. The highest BCUT2D eigenvalue weighted by Crippen LogP contribution is 2.39. The third kappa shape index (κ3) is 3.85. The number of hydrogen-bond donors (Lipinski definition) is 2. The largest absolute Gasteiger partial charge is 0.433 e. The van der Waals surface area contributed by atoms with Crippen molar-refractivity contribution in [3.8, 4) is 11.3 Å². The molecular weight excluding hydrogens is 480 g/mol. The van der Waals surface area contributed by atoms with Gasteiger partial charge in [0.1, 0.15) is 29.4 Å². The van der Waals surface area contributed by atoms with Crippen LogP contribution in [0, 0.1) is 5.82 Å². The van der Waals surface area contributed by atoms with Crippen LogP contribution in [0.4, 0.5) is 39.5 Å². The average Bonchev–Trinajstić information content (AvgIpc) is 3.42. The smallest absolute Gasteiger partial charge is 0.383 e. The first-order valence-corrected chi connectivity index (χ1v) is 11.0. The number of carbonyl (C=O) groups excluding carboxylic acids is 1. The van der Waals surface area contributed by atoms with Crippen molar-refractivity contribution in [1.82, 2.24) is 24.7 Å². The molecular formula is C23H20F4N8O. The van der Waals surface area contributed by atoms with Crippen molar-refractivity contribution < 1.29 is 22.4 Å². The summed E-state index contributed by atoms with van der Waals surface area (Å²) in [5.41, 5.74) is 6.43. The van der Waals surface area contributed by atoms with Gasteiger partial charge in [0.15, 0.2) is 5.65 Å². The summed E-state index contributed by atoms with van der Waals surface area (Å²) in [6, 6.07) is 4.30. The molecule has 1 aromatic carbocycles. The maximum atomic E-state index is 15.8. The number of rotatable bonds is 3. The van der Waals surface area contributed by atoms with Gasteiger partial charge < -0.3 is 11.1 Å². The fourth-order valence-electron chi connectivity index (χ4n) is 4.24. The Morgan fingerprint density at radius 1 is 1.17 bits per heavy atom. The second-order valence-electron chi connectivity index (χ2n) is 8.53. The number of carbonyl (C=O) groups is 1. The van der Waals surface area contributed by atoms with E-state index in [4.69, 9.17) is 5.73 Å². The van der Waals surface area contributed by atoms with Gasteiger partial charge in [-0.1, -0.05) is 0 Å². The molecule has 1 aliphatic rings. The SMILES string of the molecule is CC(C)n1nc(-c2ccc3c(c2F)CCN3C(=O)Nc2ccnc(C(F)(F)F)c2)c2c(N)ncnc21. The molecule has 13 heteroatoms. The summed E-state index contributed by atoms with van der Waals surface area (Å²) in [6.07, 6.45) is -2.17. The van der Waals surface area contributed by atoms with Crippen LogP contribution in [0.15, 0.2) is 36.8 Å². The van der Waals surface area contributed by atoms with Gasteiger partial charge in [-0.3, -0.25) is 9.88 Å². The van der Waals surface area contributed by atoms with Crippen molar-refractivity contribution in [3.05, 3.63) is 53.9 Å². The number of halogens is 4. The molecule has 3 N–H and O–H groups in total. The van der Waals surface area contributed by atoms with Gasteiger partial charge in [-0.25, -0.2) is 23.8 Å². The van der Waals surface area contributed by atoms with Gasteiger partial charge in [-0.05, 0) is 44.5 Å². The van der Waals surface area contributed by atoms with Crippen molar-refractivity contribution in [2.75, 3.05) is 22.5 Å². The van der Waals surface area contributed by atoms with Crippen molar-refractivity contribution in [1.29, 1.82) is 0 Å². The summed E-state index contributed by atoms with van der Waals surface area (Å²) < 4.78 is 56.2. The molecule has 186 valence electrons. The maximum Gasteiger partial charge on any atom is 0.433 e. The second-order valence-corrected chi connectivity index (χ2v) is 8.53. The third-order valence-corrected chi connectivity index (χ3v) is 5.90. The van der Waals surface area contributed by atoms with Crippen LogP contribution >= 0.6 is 0 Å². The normalized spacial score (nSPS) is 13.5. The molecule has 1 aliphatic heterocycles. The number of nitrogens with one attached hydrogen (secondary N) is 1. The molecule has 36 heavy (non-hydrogen) atoms. The number of anilines is 3. The number of amides is 2. The van der Waals surface area contributed by atoms with E-state index in [2.05, 4.69) is 25.4 Å². The molecule has 0 spiro atoms. The van der Waals surface area contributed by atoms with Crippen molar-refractivity contribution >= 4 is 34.3 Å². The molecule has 0 unspecified atom stereocenters. The number of aromatic nitrogens is 5. The number of nitrogens with zero attached hydrogens (tertiary/aromatic N) is 6. The fraction of sp³-hybridized carbons (Fsp3) is 0.261. The molecule has 0 radical (unpaired) electrons. The van der Waals surface area contributed by atoms with Crippen molar-refractivity contribution in [3.63, 3.8) is 0 Å². The molecule has 0 atom stereocenters. The van der Waals surface area contributed by atoms with Crippen LogP contribution in [0.3, 0.4) is 0 Å². The van der Waals surface area contributed by atoms with E-state index in [1.165, 1.54) is 23.4 Å². The summed E-state index contributed by atoms with van der Waals surface area (Å²) in [6.45, 7) is 3.96. The molecule has 2 amide bonds. The van der Waals surface area contributed by atoms with Gasteiger partial charge >= 0.3 is 12.2 Å². The zero-order valence-corrected chi connectivity index (χ0v) is 19.1. The van der Waals surface area contributed by atoms with E-state index >= 15 is 4.39 Å². The molecule has 0 bridgehead atoms. The highest BCUT2D eigenvalue weighted by Gasteiger charge is 2.34. The maximum absolute atomic E-state index is 15.8. The van der Waals surface area contributed by atoms with E-state index in [0.29, 0.717) is 16.7 Å². The summed E-state index contributed by atoms with van der Waals surface area (Å²) in [7, 11) is 0. The second kappa shape index (κ2) is 8.43. The Balaban J connectivity index is 1.49. The molecule has 0 aliphatic carbocycles. The van der Waals surface area contributed by atoms with E-state index in [1.54, 1.807) is 10.7 Å². The van der Waals surface area contributed by atoms with E-state index in [9.17, 15) is 18.0 Å². The molecule has 0 saturated carbocycles. The van der Waals surface area contributed by atoms with E-state index in [-0.39, 0.29) is 47.3 Å². The van der Waals surface area contributed by atoms with Crippen LogP contribution in [0.5, 0.6) is 0 Å². The highest BCUT2D eigenvalue weighted by molar-refractivity contribution is 6.04. The lowest BCUT2D eigenvalue weighted by Gasteiger charge is -2.19. The van der Waals surface area contributed by atoms with Gasteiger partial charge in [0.25, 0.3) is 0 Å². The zero-order valence-electron chi connectivity index (χ0n) is 19.1. The highest BCUT2D eigenvalue weighted by atomic mass is 19.4. The lowest BCUT2D eigenvalue weighted by atomic mass is 10.0. The van der Waals surface area contributed by atoms with Gasteiger partial charge in [-0.15, -0.1) is 0 Å². The number of nitrogens with two attached hydrogens (primary N) is 1. The predicted octanol–water partition coefficient (Wildman–Crippen LogP) is 4.80. The number of benzene rings is 1. The van der Waals surface area contributed by atoms with Crippen LogP contribution in [0.25, 0.3) is 22.3 Å². The monoisotopic (exact) mass is 500 g/mol. The van der Waals surface area contributed by atoms with Crippen LogP contribution < -0.4 is 16.0 Å². The van der Waals surface area contributed by atoms with Gasteiger partial charge in [-0.2, -0.15) is 18.3 Å². The number of urea groups is 1. The topological polar surface area (TPSA) is 115 Å². The Kier molecular flexibility index (Phi) is 5.49. The summed E-state index contributed by atoms with van der Waals surface area (Å²) in [5.74, 6) is -0.400. The minimum atomic E-state index is -4.65. The number of hydrogen-bond acceptors (Lipinski definition) is 6. The zero-order chi connectivity index (χ0) is 25.8. The van der Waals surface area contributed by atoms with E-state index in [1.807, 2.05) is 13.8 Å². The summed E-state index contributed by atoms with van der Waals surface area (Å²) >= 11 is 0.